The van der Waals surface area contributed by atoms with Crippen LogP contribution >= 0.6 is 8.81 Å². The first-order valence-electron chi connectivity index (χ1n) is 7.65. The lowest BCUT2D eigenvalue weighted by Gasteiger charge is -2.37. The van der Waals surface area contributed by atoms with Gasteiger partial charge in [0.15, 0.2) is 0 Å². The zero-order chi connectivity index (χ0) is 17.2. The highest BCUT2D eigenvalue weighted by atomic mass is 31.1. The van der Waals surface area contributed by atoms with Crippen molar-refractivity contribution in [1.82, 2.24) is 4.90 Å². The van der Waals surface area contributed by atoms with Crippen LogP contribution in [0.1, 0.15) is 54.9 Å². The highest BCUT2D eigenvalue weighted by Crippen LogP contribution is 2.38. The minimum Gasteiger partial charge on any atom is -0.444 e. The van der Waals surface area contributed by atoms with Gasteiger partial charge >= 0.3 is 6.09 Å². The standard InChI is InChI=1S/C16H30NO4P/c1-14(2,3)20-13(18)17-10-8-12(9-11-17)22-21-16(6,7)15(4,5)19/h8,19,22H,9-11H2,1-7H3. The maximum Gasteiger partial charge on any atom is 0.410 e. The molecule has 1 amide bonds. The lowest BCUT2D eigenvalue weighted by atomic mass is 9.90. The van der Waals surface area contributed by atoms with Crippen molar-refractivity contribution in [3.8, 4) is 0 Å². The summed E-state index contributed by atoms with van der Waals surface area (Å²) in [6.07, 6.45) is 2.52. The number of hydrogen-bond acceptors (Lipinski definition) is 4. The van der Waals surface area contributed by atoms with Crippen LogP contribution in [-0.2, 0) is 9.26 Å². The molecule has 0 saturated carbocycles. The molecular weight excluding hydrogens is 301 g/mol. The summed E-state index contributed by atoms with van der Waals surface area (Å²) in [7, 11) is 0.202. The molecule has 1 aliphatic rings. The molecule has 1 atom stereocenters. The Kier molecular flexibility index (Phi) is 6.05. The third kappa shape index (κ3) is 5.86. The number of aliphatic hydroxyl groups is 1. The van der Waals surface area contributed by atoms with Gasteiger partial charge in [-0.1, -0.05) is 6.08 Å². The minimum atomic E-state index is -0.905. The van der Waals surface area contributed by atoms with Gasteiger partial charge in [0.1, 0.15) is 5.60 Å². The van der Waals surface area contributed by atoms with Crippen LogP contribution < -0.4 is 0 Å². The predicted molar refractivity (Wildman–Crippen MR) is 90.3 cm³/mol. The van der Waals surface area contributed by atoms with Crippen LogP contribution in [-0.4, -0.2) is 46.0 Å². The Bertz CT molecular complexity index is 432. The van der Waals surface area contributed by atoms with E-state index in [4.69, 9.17) is 9.26 Å². The van der Waals surface area contributed by atoms with Gasteiger partial charge in [-0.3, -0.25) is 0 Å². The first kappa shape index (κ1) is 19.4. The average Bonchev–Trinajstić information content (AvgIpc) is 2.33. The maximum absolute atomic E-state index is 12.0. The van der Waals surface area contributed by atoms with Crippen LogP contribution in [0.15, 0.2) is 11.4 Å². The second-order valence-electron chi connectivity index (χ2n) is 7.68. The van der Waals surface area contributed by atoms with Gasteiger partial charge < -0.3 is 19.3 Å². The summed E-state index contributed by atoms with van der Waals surface area (Å²) in [5, 5.41) is 11.3. The van der Waals surface area contributed by atoms with Gasteiger partial charge in [-0.15, -0.1) is 0 Å². The van der Waals surface area contributed by atoms with E-state index in [1.165, 1.54) is 5.31 Å². The number of hydrogen-bond donors (Lipinski definition) is 1. The number of nitrogens with zero attached hydrogens (tertiary/aromatic N) is 1. The highest BCUT2D eigenvalue weighted by Gasteiger charge is 2.36. The summed E-state index contributed by atoms with van der Waals surface area (Å²) < 4.78 is 11.3. The molecule has 0 bridgehead atoms. The summed E-state index contributed by atoms with van der Waals surface area (Å²) in [4.78, 5) is 13.7. The third-order valence-electron chi connectivity index (χ3n) is 3.77. The van der Waals surface area contributed by atoms with Crippen LogP contribution in [0, 0.1) is 0 Å². The zero-order valence-corrected chi connectivity index (χ0v) is 15.8. The Labute approximate surface area is 135 Å². The van der Waals surface area contributed by atoms with Crippen LogP contribution in [0.25, 0.3) is 0 Å². The predicted octanol–water partition coefficient (Wildman–Crippen LogP) is 3.67. The van der Waals surface area contributed by atoms with Crippen LogP contribution in [0.3, 0.4) is 0 Å². The molecule has 0 fully saturated rings. The minimum absolute atomic E-state index is 0.202. The Morgan fingerprint density at radius 1 is 1.23 bits per heavy atom. The van der Waals surface area contributed by atoms with Gasteiger partial charge in [-0.2, -0.15) is 0 Å². The zero-order valence-electron chi connectivity index (χ0n) is 14.8. The second kappa shape index (κ2) is 6.86. The molecule has 0 aliphatic carbocycles. The monoisotopic (exact) mass is 331 g/mol. The molecule has 0 aromatic heterocycles. The van der Waals surface area contributed by atoms with E-state index in [0.29, 0.717) is 13.1 Å². The number of carbonyl (C=O) groups is 1. The van der Waals surface area contributed by atoms with Crippen molar-refractivity contribution in [2.45, 2.75) is 71.7 Å². The van der Waals surface area contributed by atoms with Gasteiger partial charge in [-0.25, -0.2) is 4.79 Å². The van der Waals surface area contributed by atoms with Crippen LogP contribution in [0.5, 0.6) is 0 Å². The molecule has 0 aromatic rings. The first-order valence-corrected chi connectivity index (χ1v) is 8.56. The number of rotatable bonds is 4. The molecule has 6 heteroatoms. The number of ether oxygens (including phenoxy) is 1. The van der Waals surface area contributed by atoms with E-state index in [-0.39, 0.29) is 14.9 Å². The van der Waals surface area contributed by atoms with Crippen molar-refractivity contribution in [2.24, 2.45) is 0 Å². The van der Waals surface area contributed by atoms with Crippen LogP contribution in [0.4, 0.5) is 4.79 Å². The summed E-state index contributed by atoms with van der Waals surface area (Å²) >= 11 is 0. The molecule has 22 heavy (non-hydrogen) atoms. The Hall–Kier alpha value is -0.640. The Morgan fingerprint density at radius 2 is 1.82 bits per heavy atom. The quantitative estimate of drug-likeness (QED) is 0.799. The molecule has 5 nitrogen and oxygen atoms in total. The van der Waals surface area contributed by atoms with Crippen molar-refractivity contribution >= 4 is 14.9 Å². The van der Waals surface area contributed by atoms with Crippen molar-refractivity contribution < 1.29 is 19.2 Å². The fourth-order valence-electron chi connectivity index (χ4n) is 1.57. The highest BCUT2D eigenvalue weighted by molar-refractivity contribution is 7.37. The van der Waals surface area contributed by atoms with E-state index in [0.717, 1.165) is 6.42 Å². The molecule has 1 unspecified atom stereocenters. The summed E-state index contributed by atoms with van der Waals surface area (Å²) in [6.45, 7) is 14.0. The van der Waals surface area contributed by atoms with Crippen molar-refractivity contribution in [1.29, 1.82) is 0 Å². The van der Waals surface area contributed by atoms with Crippen molar-refractivity contribution in [3.05, 3.63) is 11.4 Å². The van der Waals surface area contributed by atoms with E-state index in [1.807, 2.05) is 40.7 Å². The van der Waals surface area contributed by atoms with E-state index >= 15 is 0 Å². The fourth-order valence-corrected chi connectivity index (χ4v) is 2.60. The molecule has 1 rings (SSSR count). The molecule has 0 aromatic carbocycles. The lowest BCUT2D eigenvalue weighted by molar-refractivity contribution is -0.0836. The summed E-state index contributed by atoms with van der Waals surface area (Å²) in [5.74, 6) is 0. The number of amides is 1. The maximum atomic E-state index is 12.0. The second-order valence-corrected chi connectivity index (χ2v) is 8.73. The topological polar surface area (TPSA) is 59.0 Å². The SMILES string of the molecule is CC(C)(C)OC(=O)N1CC=C(POC(C)(C)C(C)(C)O)CC1. The summed E-state index contributed by atoms with van der Waals surface area (Å²) in [5.41, 5.74) is -1.99. The van der Waals surface area contributed by atoms with Crippen molar-refractivity contribution in [3.63, 3.8) is 0 Å². The largest absolute Gasteiger partial charge is 0.444 e. The number of carbonyl (C=O) groups excluding carboxylic acids is 1. The molecule has 0 radical (unpaired) electrons. The molecular formula is C16H30NO4P. The normalized spacial score (nSPS) is 17.8. The Morgan fingerprint density at radius 3 is 2.23 bits per heavy atom. The van der Waals surface area contributed by atoms with Crippen LogP contribution in [0.2, 0.25) is 0 Å². The molecule has 1 N–H and O–H groups in total. The molecule has 1 aliphatic heterocycles. The first-order chi connectivity index (χ1) is 9.82. The lowest BCUT2D eigenvalue weighted by Crippen LogP contribution is -2.45. The summed E-state index contributed by atoms with van der Waals surface area (Å²) in [6, 6.07) is 0. The van der Waals surface area contributed by atoms with Gasteiger partial charge in [0.2, 0.25) is 0 Å². The van der Waals surface area contributed by atoms with Gasteiger partial charge in [-0.05, 0) is 60.2 Å². The fraction of sp³-hybridized carbons (Fsp3) is 0.812. The average molecular weight is 331 g/mol. The smallest absolute Gasteiger partial charge is 0.410 e. The Balaban J connectivity index is 2.50. The van der Waals surface area contributed by atoms with Gasteiger partial charge in [0.05, 0.1) is 11.2 Å². The van der Waals surface area contributed by atoms with Gasteiger partial charge in [0, 0.05) is 21.9 Å². The van der Waals surface area contributed by atoms with Gasteiger partial charge in [0.25, 0.3) is 0 Å². The molecule has 0 spiro atoms. The van der Waals surface area contributed by atoms with Crippen molar-refractivity contribution in [2.75, 3.05) is 13.1 Å². The van der Waals surface area contributed by atoms with E-state index in [2.05, 4.69) is 0 Å². The van der Waals surface area contributed by atoms with E-state index in [1.54, 1.807) is 18.7 Å². The van der Waals surface area contributed by atoms with E-state index in [9.17, 15) is 9.90 Å². The molecule has 128 valence electrons. The third-order valence-corrected chi connectivity index (χ3v) is 5.10. The molecule has 1 heterocycles. The van der Waals surface area contributed by atoms with E-state index < -0.39 is 16.8 Å². The molecule has 0 saturated heterocycles.